The maximum Gasteiger partial charge on any atom is 0.166 e. The van der Waals surface area contributed by atoms with Crippen molar-refractivity contribution in [1.82, 2.24) is 4.98 Å². The van der Waals surface area contributed by atoms with Crippen LogP contribution in [0.4, 0.5) is 0 Å². The molecule has 0 amide bonds. The van der Waals surface area contributed by atoms with Gasteiger partial charge in [-0.05, 0) is 29.3 Å². The molecule has 0 unspecified atom stereocenters. The van der Waals surface area contributed by atoms with Gasteiger partial charge in [-0.3, -0.25) is 4.79 Å². The highest BCUT2D eigenvalue weighted by Gasteiger charge is 2.00. The number of hydrogen-bond acceptors (Lipinski definition) is 1. The van der Waals surface area contributed by atoms with E-state index >= 15 is 0 Å². The number of benzene rings is 1. The van der Waals surface area contributed by atoms with Crippen LogP contribution in [0.5, 0.6) is 0 Å². The molecule has 1 aromatic heterocycles. The van der Waals surface area contributed by atoms with Gasteiger partial charge in [0, 0.05) is 11.2 Å². The van der Waals surface area contributed by atoms with Crippen molar-refractivity contribution in [1.29, 1.82) is 0 Å². The number of carbonyl (C=O) groups excluding carboxylic acids is 1. The summed E-state index contributed by atoms with van der Waals surface area (Å²) in [6, 6.07) is 9.28. The molecule has 0 aliphatic heterocycles. The fourth-order valence-electron chi connectivity index (χ4n) is 1.29. The number of H-pyrrole nitrogens is 1. The number of rotatable bonds is 2. The monoisotopic (exact) mass is 205 g/mol. The van der Waals surface area contributed by atoms with Crippen molar-refractivity contribution in [3.05, 3.63) is 47.2 Å². The predicted octanol–water partition coefficient (Wildman–Crippen LogP) is 3.15. The van der Waals surface area contributed by atoms with Gasteiger partial charge < -0.3 is 4.98 Å². The van der Waals surface area contributed by atoms with Gasteiger partial charge in [0.05, 0.1) is 5.69 Å². The summed E-state index contributed by atoms with van der Waals surface area (Å²) < 4.78 is 0. The van der Waals surface area contributed by atoms with Crippen LogP contribution in [0.15, 0.2) is 36.5 Å². The van der Waals surface area contributed by atoms with Gasteiger partial charge in [0.15, 0.2) is 6.29 Å². The first-order chi connectivity index (χ1) is 6.79. The maximum absolute atomic E-state index is 10.5. The van der Waals surface area contributed by atoms with E-state index in [1.165, 1.54) is 0 Å². The van der Waals surface area contributed by atoms with E-state index in [4.69, 9.17) is 11.6 Å². The summed E-state index contributed by atoms with van der Waals surface area (Å²) >= 11 is 5.77. The first-order valence-electron chi connectivity index (χ1n) is 4.19. The van der Waals surface area contributed by atoms with Crippen molar-refractivity contribution >= 4 is 17.9 Å². The minimum absolute atomic E-state index is 0.579. The summed E-state index contributed by atoms with van der Waals surface area (Å²) in [6.07, 6.45) is 2.59. The molecule has 0 aliphatic rings. The second-order valence-electron chi connectivity index (χ2n) is 2.97. The number of aromatic amines is 1. The molecule has 2 nitrogen and oxygen atoms in total. The highest BCUT2D eigenvalue weighted by molar-refractivity contribution is 6.30. The highest BCUT2D eigenvalue weighted by atomic mass is 35.5. The Hall–Kier alpha value is -1.54. The SMILES string of the molecule is O=Cc1cc(-c2ccc(Cl)cc2)c[nH]1. The zero-order valence-corrected chi connectivity index (χ0v) is 8.08. The van der Waals surface area contributed by atoms with E-state index in [0.29, 0.717) is 10.7 Å². The third-order valence-electron chi connectivity index (χ3n) is 2.01. The molecule has 0 bridgehead atoms. The Labute approximate surface area is 86.5 Å². The lowest BCUT2D eigenvalue weighted by Crippen LogP contribution is -1.74. The number of carbonyl (C=O) groups is 1. The first kappa shape index (κ1) is 9.03. The molecule has 0 saturated carbocycles. The average Bonchev–Trinajstić information content (AvgIpc) is 2.67. The van der Waals surface area contributed by atoms with Gasteiger partial charge in [0.1, 0.15) is 0 Å². The van der Waals surface area contributed by atoms with Crippen LogP contribution in [0.2, 0.25) is 5.02 Å². The fraction of sp³-hybridized carbons (Fsp3) is 0. The Morgan fingerprint density at radius 2 is 1.86 bits per heavy atom. The van der Waals surface area contributed by atoms with E-state index in [1.807, 2.05) is 24.3 Å². The molecular formula is C11H8ClNO. The number of nitrogens with one attached hydrogen (secondary N) is 1. The summed E-state index contributed by atoms with van der Waals surface area (Å²) in [7, 11) is 0. The minimum atomic E-state index is 0.579. The molecule has 1 heterocycles. The van der Waals surface area contributed by atoms with E-state index in [-0.39, 0.29) is 0 Å². The number of aromatic nitrogens is 1. The molecule has 70 valence electrons. The third-order valence-corrected chi connectivity index (χ3v) is 2.26. The zero-order valence-electron chi connectivity index (χ0n) is 7.33. The van der Waals surface area contributed by atoms with Gasteiger partial charge in [0.25, 0.3) is 0 Å². The molecular weight excluding hydrogens is 198 g/mol. The van der Waals surface area contributed by atoms with Crippen molar-refractivity contribution < 1.29 is 4.79 Å². The molecule has 3 heteroatoms. The van der Waals surface area contributed by atoms with Crippen molar-refractivity contribution in [2.75, 3.05) is 0 Å². The smallest absolute Gasteiger partial charge is 0.166 e. The molecule has 14 heavy (non-hydrogen) atoms. The molecule has 0 radical (unpaired) electrons. The molecule has 0 saturated heterocycles. The Morgan fingerprint density at radius 3 is 2.43 bits per heavy atom. The lowest BCUT2D eigenvalue weighted by Gasteiger charge is -1.96. The Morgan fingerprint density at radius 1 is 1.14 bits per heavy atom. The van der Waals surface area contributed by atoms with Gasteiger partial charge in [-0.1, -0.05) is 23.7 Å². The van der Waals surface area contributed by atoms with E-state index in [2.05, 4.69) is 4.98 Å². The maximum atomic E-state index is 10.5. The van der Waals surface area contributed by atoms with Crippen LogP contribution in [0.3, 0.4) is 0 Å². The Kier molecular flexibility index (Phi) is 2.37. The van der Waals surface area contributed by atoms with E-state index in [0.717, 1.165) is 17.4 Å². The van der Waals surface area contributed by atoms with Gasteiger partial charge in [0.2, 0.25) is 0 Å². The highest BCUT2D eigenvalue weighted by Crippen LogP contribution is 2.21. The van der Waals surface area contributed by atoms with E-state index < -0.39 is 0 Å². The lowest BCUT2D eigenvalue weighted by atomic mass is 10.1. The van der Waals surface area contributed by atoms with Gasteiger partial charge in [-0.15, -0.1) is 0 Å². The van der Waals surface area contributed by atoms with E-state index in [1.54, 1.807) is 12.3 Å². The normalized spacial score (nSPS) is 10.1. The Bertz CT molecular complexity index is 445. The van der Waals surface area contributed by atoms with Crippen molar-refractivity contribution in [3.8, 4) is 11.1 Å². The number of aldehydes is 1. The van der Waals surface area contributed by atoms with E-state index in [9.17, 15) is 4.79 Å². The Balaban J connectivity index is 2.39. The molecule has 2 aromatic rings. The van der Waals surface area contributed by atoms with Crippen molar-refractivity contribution in [2.24, 2.45) is 0 Å². The summed E-state index contributed by atoms with van der Waals surface area (Å²) in [5.41, 5.74) is 2.61. The molecule has 0 spiro atoms. The molecule has 0 aliphatic carbocycles. The van der Waals surface area contributed by atoms with Crippen LogP contribution in [-0.2, 0) is 0 Å². The summed E-state index contributed by atoms with van der Waals surface area (Å²) in [6.45, 7) is 0. The zero-order chi connectivity index (χ0) is 9.97. The summed E-state index contributed by atoms with van der Waals surface area (Å²) in [5.74, 6) is 0. The third kappa shape index (κ3) is 1.70. The average molecular weight is 206 g/mol. The number of hydrogen-bond donors (Lipinski definition) is 1. The minimum Gasteiger partial charge on any atom is -0.358 e. The van der Waals surface area contributed by atoms with Crippen LogP contribution in [-0.4, -0.2) is 11.3 Å². The van der Waals surface area contributed by atoms with Gasteiger partial charge in [-0.2, -0.15) is 0 Å². The first-order valence-corrected chi connectivity index (χ1v) is 4.57. The summed E-state index contributed by atoms with van der Waals surface area (Å²) in [4.78, 5) is 13.3. The second-order valence-corrected chi connectivity index (χ2v) is 3.40. The topological polar surface area (TPSA) is 32.9 Å². The van der Waals surface area contributed by atoms with Gasteiger partial charge in [-0.25, -0.2) is 0 Å². The fourth-order valence-corrected chi connectivity index (χ4v) is 1.41. The predicted molar refractivity (Wildman–Crippen MR) is 56.6 cm³/mol. The van der Waals surface area contributed by atoms with Crippen LogP contribution in [0.1, 0.15) is 10.5 Å². The van der Waals surface area contributed by atoms with Gasteiger partial charge >= 0.3 is 0 Å². The van der Waals surface area contributed by atoms with Crippen LogP contribution < -0.4 is 0 Å². The molecule has 0 atom stereocenters. The largest absolute Gasteiger partial charge is 0.358 e. The molecule has 2 rings (SSSR count). The lowest BCUT2D eigenvalue weighted by molar-refractivity contribution is 0.111. The van der Waals surface area contributed by atoms with Crippen molar-refractivity contribution in [3.63, 3.8) is 0 Å². The quantitative estimate of drug-likeness (QED) is 0.751. The van der Waals surface area contributed by atoms with Crippen LogP contribution >= 0.6 is 11.6 Å². The standard InChI is InChI=1S/C11H8ClNO/c12-10-3-1-8(2-4-10)9-5-11(7-14)13-6-9/h1-7,13H. The van der Waals surface area contributed by atoms with Crippen LogP contribution in [0, 0.1) is 0 Å². The van der Waals surface area contributed by atoms with Crippen LogP contribution in [0.25, 0.3) is 11.1 Å². The molecule has 0 fully saturated rings. The van der Waals surface area contributed by atoms with Crippen molar-refractivity contribution in [2.45, 2.75) is 0 Å². The second kappa shape index (κ2) is 3.68. The number of halogens is 1. The molecule has 1 aromatic carbocycles. The summed E-state index contributed by atoms with van der Waals surface area (Å²) in [5, 5.41) is 0.708. The molecule has 1 N–H and O–H groups in total.